The minimum absolute atomic E-state index is 0.558. The zero-order valence-corrected chi connectivity index (χ0v) is 11.3. The first-order valence-corrected chi connectivity index (χ1v) is 6.27. The Hall–Kier alpha value is -1.67. The number of imidazole rings is 1. The molecule has 2 aromatic heterocycles. The SMILES string of the molecule is NNc1ncnc(NCCCn2ccnc2)c1Br. The summed E-state index contributed by atoms with van der Waals surface area (Å²) in [7, 11) is 0. The fourth-order valence-corrected chi connectivity index (χ4v) is 1.94. The molecule has 8 heteroatoms. The number of nitrogens with one attached hydrogen (secondary N) is 2. The molecule has 0 radical (unpaired) electrons. The Bertz CT molecular complexity index is 485. The van der Waals surface area contributed by atoms with Crippen molar-refractivity contribution in [3.63, 3.8) is 0 Å². The first-order chi connectivity index (χ1) is 8.81. The van der Waals surface area contributed by atoms with Gasteiger partial charge in [-0.15, -0.1) is 0 Å². The van der Waals surface area contributed by atoms with Crippen LogP contribution in [0.5, 0.6) is 0 Å². The van der Waals surface area contributed by atoms with Crippen molar-refractivity contribution in [2.45, 2.75) is 13.0 Å². The molecule has 0 aliphatic rings. The lowest BCUT2D eigenvalue weighted by Gasteiger charge is -2.09. The summed E-state index contributed by atoms with van der Waals surface area (Å²) in [5.41, 5.74) is 2.50. The van der Waals surface area contributed by atoms with E-state index in [1.807, 2.05) is 10.8 Å². The van der Waals surface area contributed by atoms with E-state index >= 15 is 0 Å². The molecule has 18 heavy (non-hydrogen) atoms. The van der Waals surface area contributed by atoms with Crippen LogP contribution in [0.4, 0.5) is 11.6 Å². The summed E-state index contributed by atoms with van der Waals surface area (Å²) in [6.45, 7) is 1.72. The van der Waals surface area contributed by atoms with Crippen molar-refractivity contribution in [2.24, 2.45) is 5.84 Å². The van der Waals surface area contributed by atoms with E-state index in [9.17, 15) is 0 Å². The molecule has 0 fully saturated rings. The number of nitrogens with zero attached hydrogens (tertiary/aromatic N) is 4. The van der Waals surface area contributed by atoms with Gasteiger partial charge in [0.05, 0.1) is 6.33 Å². The van der Waals surface area contributed by atoms with Crippen LogP contribution in [0.15, 0.2) is 29.5 Å². The van der Waals surface area contributed by atoms with Gasteiger partial charge in [-0.1, -0.05) is 0 Å². The van der Waals surface area contributed by atoms with Crippen LogP contribution in [0, 0.1) is 0 Å². The topological polar surface area (TPSA) is 93.7 Å². The largest absolute Gasteiger partial charge is 0.369 e. The molecular weight excluding hydrogens is 298 g/mol. The predicted molar refractivity (Wildman–Crippen MR) is 72.9 cm³/mol. The molecule has 0 atom stereocenters. The Morgan fingerprint density at radius 1 is 1.33 bits per heavy atom. The lowest BCUT2D eigenvalue weighted by molar-refractivity contribution is 0.660. The standard InChI is InChI=1S/C10H14BrN7/c11-8-9(15-6-16-10(8)17-12)14-2-1-4-18-5-3-13-7-18/h3,5-7H,1-2,4,12H2,(H2,14,15,16,17). The average Bonchev–Trinajstić information content (AvgIpc) is 2.89. The minimum Gasteiger partial charge on any atom is -0.369 e. The van der Waals surface area contributed by atoms with Crippen LogP contribution in [0.2, 0.25) is 0 Å². The molecule has 2 heterocycles. The van der Waals surface area contributed by atoms with Crippen molar-refractivity contribution in [2.75, 3.05) is 17.3 Å². The van der Waals surface area contributed by atoms with Gasteiger partial charge in [0, 0.05) is 25.5 Å². The van der Waals surface area contributed by atoms with Crippen LogP contribution >= 0.6 is 15.9 Å². The van der Waals surface area contributed by atoms with Gasteiger partial charge in [-0.2, -0.15) is 0 Å². The highest BCUT2D eigenvalue weighted by molar-refractivity contribution is 9.10. The van der Waals surface area contributed by atoms with Gasteiger partial charge in [0.25, 0.3) is 0 Å². The van der Waals surface area contributed by atoms with Gasteiger partial charge in [-0.25, -0.2) is 20.8 Å². The molecule has 0 saturated carbocycles. The lowest BCUT2D eigenvalue weighted by atomic mass is 10.4. The maximum atomic E-state index is 5.33. The van der Waals surface area contributed by atoms with Gasteiger partial charge >= 0.3 is 0 Å². The Morgan fingerprint density at radius 2 is 2.17 bits per heavy atom. The molecule has 0 amide bonds. The number of hydrogen-bond acceptors (Lipinski definition) is 6. The summed E-state index contributed by atoms with van der Waals surface area (Å²) in [5, 5.41) is 3.22. The van der Waals surface area contributed by atoms with Gasteiger partial charge in [-0.05, 0) is 22.4 Å². The van der Waals surface area contributed by atoms with Crippen LogP contribution in [0.1, 0.15) is 6.42 Å². The molecule has 96 valence electrons. The molecule has 0 saturated heterocycles. The molecule has 0 spiro atoms. The van der Waals surface area contributed by atoms with Gasteiger partial charge in [0.1, 0.15) is 16.6 Å². The van der Waals surface area contributed by atoms with E-state index in [0.29, 0.717) is 5.82 Å². The summed E-state index contributed by atoms with van der Waals surface area (Å²) < 4.78 is 2.76. The number of hydrazine groups is 1. The fraction of sp³-hybridized carbons (Fsp3) is 0.300. The molecule has 0 unspecified atom stereocenters. The molecule has 0 bridgehead atoms. The second-order valence-electron chi connectivity index (χ2n) is 3.61. The third kappa shape index (κ3) is 3.17. The van der Waals surface area contributed by atoms with Crippen LogP contribution in [0.25, 0.3) is 0 Å². The Morgan fingerprint density at radius 3 is 2.89 bits per heavy atom. The number of hydrogen-bond donors (Lipinski definition) is 3. The number of nitrogens with two attached hydrogens (primary N) is 1. The molecule has 7 nitrogen and oxygen atoms in total. The first kappa shape index (κ1) is 12.8. The van der Waals surface area contributed by atoms with Crippen LogP contribution in [-0.2, 0) is 6.54 Å². The number of anilines is 2. The van der Waals surface area contributed by atoms with Crippen molar-refractivity contribution < 1.29 is 0 Å². The Balaban J connectivity index is 1.83. The van der Waals surface area contributed by atoms with E-state index in [1.165, 1.54) is 6.33 Å². The van der Waals surface area contributed by atoms with Gasteiger partial charge in [-0.3, -0.25) is 0 Å². The molecule has 0 aliphatic carbocycles. The van der Waals surface area contributed by atoms with Crippen LogP contribution in [0.3, 0.4) is 0 Å². The van der Waals surface area contributed by atoms with Crippen molar-refractivity contribution in [3.05, 3.63) is 29.5 Å². The Kier molecular flexibility index (Phi) is 4.48. The number of halogens is 1. The highest BCUT2D eigenvalue weighted by atomic mass is 79.9. The van der Waals surface area contributed by atoms with E-state index in [4.69, 9.17) is 5.84 Å². The van der Waals surface area contributed by atoms with E-state index in [-0.39, 0.29) is 0 Å². The second-order valence-corrected chi connectivity index (χ2v) is 4.40. The molecule has 2 rings (SSSR count). The summed E-state index contributed by atoms with van der Waals surface area (Å²) in [5.74, 6) is 6.61. The smallest absolute Gasteiger partial charge is 0.159 e. The summed E-state index contributed by atoms with van der Waals surface area (Å²) in [6.07, 6.45) is 7.94. The average molecular weight is 312 g/mol. The lowest BCUT2D eigenvalue weighted by Crippen LogP contribution is -2.12. The minimum atomic E-state index is 0.558. The molecule has 4 N–H and O–H groups in total. The third-order valence-electron chi connectivity index (χ3n) is 2.37. The number of aryl methyl sites for hydroxylation is 1. The fourth-order valence-electron chi connectivity index (χ4n) is 1.48. The van der Waals surface area contributed by atoms with E-state index in [0.717, 1.165) is 29.8 Å². The summed E-state index contributed by atoms with van der Waals surface area (Å²) in [6, 6.07) is 0. The maximum Gasteiger partial charge on any atom is 0.159 e. The zero-order valence-electron chi connectivity index (χ0n) is 9.67. The Labute approximate surface area is 113 Å². The quantitative estimate of drug-likeness (QED) is 0.422. The van der Waals surface area contributed by atoms with Gasteiger partial charge in [0.15, 0.2) is 5.82 Å². The molecule has 2 aromatic rings. The highest BCUT2D eigenvalue weighted by Crippen LogP contribution is 2.25. The van der Waals surface area contributed by atoms with Crippen molar-refractivity contribution in [3.8, 4) is 0 Å². The van der Waals surface area contributed by atoms with Crippen molar-refractivity contribution in [1.82, 2.24) is 19.5 Å². The number of nitrogen functional groups attached to an aromatic ring is 1. The van der Waals surface area contributed by atoms with Crippen LogP contribution < -0.4 is 16.6 Å². The predicted octanol–water partition coefficient (Wildman–Crippen LogP) is 1.22. The monoisotopic (exact) mass is 311 g/mol. The first-order valence-electron chi connectivity index (χ1n) is 5.48. The van der Waals surface area contributed by atoms with Crippen molar-refractivity contribution in [1.29, 1.82) is 0 Å². The normalized spacial score (nSPS) is 10.3. The molecule has 0 aliphatic heterocycles. The molecular formula is C10H14BrN7. The summed E-state index contributed by atoms with van der Waals surface area (Å²) >= 11 is 3.39. The van der Waals surface area contributed by atoms with Gasteiger partial charge < -0.3 is 15.3 Å². The molecule has 0 aromatic carbocycles. The number of rotatable bonds is 6. The maximum absolute atomic E-state index is 5.33. The van der Waals surface area contributed by atoms with Crippen molar-refractivity contribution >= 4 is 27.6 Å². The highest BCUT2D eigenvalue weighted by Gasteiger charge is 2.06. The van der Waals surface area contributed by atoms with E-state index in [1.54, 1.807) is 12.5 Å². The van der Waals surface area contributed by atoms with Gasteiger partial charge in [0.2, 0.25) is 0 Å². The van der Waals surface area contributed by atoms with Crippen LogP contribution in [-0.4, -0.2) is 26.1 Å². The van der Waals surface area contributed by atoms with E-state index in [2.05, 4.69) is 41.6 Å². The third-order valence-corrected chi connectivity index (χ3v) is 3.12. The summed E-state index contributed by atoms with van der Waals surface area (Å²) in [4.78, 5) is 12.1. The number of aromatic nitrogens is 4. The zero-order chi connectivity index (χ0) is 12.8. The van der Waals surface area contributed by atoms with E-state index < -0.39 is 0 Å². The second kappa shape index (κ2) is 6.31.